The highest BCUT2D eigenvalue weighted by Gasteiger charge is 2.46. The van der Waals surface area contributed by atoms with E-state index < -0.39 is 8.24 Å². The number of nitrogens with zero attached hydrogens (tertiary/aromatic N) is 1. The minimum Gasteiger partial charge on any atom is -0.400 e. The lowest BCUT2D eigenvalue weighted by molar-refractivity contribution is 0.941. The van der Waals surface area contributed by atoms with Gasteiger partial charge in [-0.15, -0.1) is 0 Å². The van der Waals surface area contributed by atoms with Crippen LogP contribution in [0.3, 0.4) is 0 Å². The van der Waals surface area contributed by atoms with Crippen molar-refractivity contribution in [1.29, 1.82) is 0 Å². The molecule has 0 amide bonds. The molecule has 0 aromatic rings. The highest BCUT2D eigenvalue weighted by atomic mass is 28.3. The van der Waals surface area contributed by atoms with Crippen LogP contribution in [0, 0.1) is 0 Å². The van der Waals surface area contributed by atoms with Gasteiger partial charge in [-0.2, -0.15) is 0 Å². The van der Waals surface area contributed by atoms with Crippen LogP contribution in [0.25, 0.3) is 0 Å². The van der Waals surface area contributed by atoms with Crippen molar-refractivity contribution in [3.63, 3.8) is 0 Å². The van der Waals surface area contributed by atoms with Gasteiger partial charge in [0, 0.05) is 0 Å². The van der Waals surface area contributed by atoms with Gasteiger partial charge in [0.05, 0.1) is 8.24 Å². The Balaban J connectivity index is 3.18. The van der Waals surface area contributed by atoms with Gasteiger partial charge in [0.1, 0.15) is 0 Å². The minimum atomic E-state index is -1.22. The average molecular weight is 249 g/mol. The molecular weight excluding hydrogens is 220 g/mol. The van der Waals surface area contributed by atoms with Crippen LogP contribution in [0.5, 0.6) is 0 Å². The third-order valence-electron chi connectivity index (χ3n) is 4.20. The summed E-state index contributed by atoms with van der Waals surface area (Å²) in [6, 6.07) is 0. The average Bonchev–Trinajstić information content (AvgIpc) is 2.60. The number of rotatable bonds is 5. The molecule has 0 atom stereocenters. The van der Waals surface area contributed by atoms with Gasteiger partial charge in [-0.05, 0) is 12.8 Å². The molecule has 0 aromatic heterocycles. The Labute approximate surface area is 110 Å². The number of hydrogen-bond acceptors (Lipinski definition) is 1. The van der Waals surface area contributed by atoms with Crippen LogP contribution in [0.1, 0.15) is 40.5 Å². The zero-order chi connectivity index (χ0) is 13.2. The molecule has 1 heterocycles. The van der Waals surface area contributed by atoms with Gasteiger partial charge < -0.3 is 4.39 Å². The summed E-state index contributed by atoms with van der Waals surface area (Å²) in [5, 5.41) is 0. The summed E-state index contributed by atoms with van der Waals surface area (Å²) in [5.41, 5.74) is 3.54. The topological polar surface area (TPSA) is 3.24 Å². The summed E-state index contributed by atoms with van der Waals surface area (Å²) in [6.07, 6.45) is 5.07. The first-order valence-corrected chi connectivity index (χ1v) is 10.9. The van der Waals surface area contributed by atoms with Crippen molar-refractivity contribution in [2.24, 2.45) is 0 Å². The molecule has 0 spiro atoms. The van der Waals surface area contributed by atoms with Crippen molar-refractivity contribution in [2.45, 2.75) is 72.8 Å². The van der Waals surface area contributed by atoms with Crippen LogP contribution in [0.15, 0.2) is 10.9 Å². The maximum atomic E-state index is 2.91. The summed E-state index contributed by atoms with van der Waals surface area (Å²) >= 11 is 0. The van der Waals surface area contributed by atoms with Crippen LogP contribution in [0.4, 0.5) is 0 Å². The van der Waals surface area contributed by atoms with Crippen molar-refractivity contribution < 1.29 is 0 Å². The SMILES string of the molecule is CCB1C(CC)=C(CC)B(CC)N1[Si](C)(C)C. The molecule has 1 aliphatic heterocycles. The van der Waals surface area contributed by atoms with Crippen molar-refractivity contribution in [1.82, 2.24) is 4.39 Å². The summed E-state index contributed by atoms with van der Waals surface area (Å²) in [6.45, 7) is 18.4. The van der Waals surface area contributed by atoms with Gasteiger partial charge in [-0.1, -0.05) is 70.9 Å². The van der Waals surface area contributed by atoms with Crippen molar-refractivity contribution in [3.05, 3.63) is 10.9 Å². The molecule has 0 aliphatic carbocycles. The van der Waals surface area contributed by atoms with E-state index in [1.807, 2.05) is 0 Å². The first-order valence-electron chi connectivity index (χ1n) is 7.42. The lowest BCUT2D eigenvalue weighted by Crippen LogP contribution is -2.58. The number of hydrogen-bond donors (Lipinski definition) is 0. The Kier molecular flexibility index (Phi) is 5.15. The second-order valence-electron chi connectivity index (χ2n) is 6.18. The van der Waals surface area contributed by atoms with Crippen molar-refractivity contribution >= 4 is 21.9 Å². The molecule has 1 rings (SSSR count). The standard InChI is InChI=1S/C13H29B2NSi/c1-8-12-13(9-2)15(11-4)16(14(12)10-3)17(5,6)7/h8-11H2,1-7H3. The molecule has 0 N–H and O–H groups in total. The number of allylic oxidation sites excluding steroid dienone is 2. The molecule has 0 saturated carbocycles. The van der Waals surface area contributed by atoms with Crippen LogP contribution in [-0.4, -0.2) is 26.3 Å². The second kappa shape index (κ2) is 5.79. The first-order chi connectivity index (χ1) is 7.92. The van der Waals surface area contributed by atoms with Gasteiger partial charge in [0.25, 0.3) is 0 Å². The van der Waals surface area contributed by atoms with Gasteiger partial charge in [-0.25, -0.2) is 0 Å². The van der Waals surface area contributed by atoms with Gasteiger partial charge in [0.15, 0.2) is 0 Å². The molecule has 0 fully saturated rings. The smallest absolute Gasteiger partial charge is 0.234 e. The predicted molar refractivity (Wildman–Crippen MR) is 85.3 cm³/mol. The summed E-state index contributed by atoms with van der Waals surface area (Å²) in [4.78, 5) is 0. The van der Waals surface area contributed by atoms with E-state index in [0.29, 0.717) is 0 Å². The highest BCUT2D eigenvalue weighted by Crippen LogP contribution is 2.36. The van der Waals surface area contributed by atoms with E-state index >= 15 is 0 Å². The maximum Gasteiger partial charge on any atom is 0.234 e. The maximum absolute atomic E-state index is 2.91. The van der Waals surface area contributed by atoms with E-state index in [1.165, 1.54) is 25.5 Å². The Morgan fingerprint density at radius 3 is 1.35 bits per heavy atom. The predicted octanol–water partition coefficient (Wildman–Crippen LogP) is 4.35. The zero-order valence-electron chi connectivity index (χ0n) is 12.9. The molecule has 0 saturated heterocycles. The van der Waals surface area contributed by atoms with Gasteiger partial charge >= 0.3 is 0 Å². The third kappa shape index (κ3) is 2.73. The third-order valence-corrected chi connectivity index (χ3v) is 6.37. The van der Waals surface area contributed by atoms with Gasteiger partial charge in [-0.3, -0.25) is 0 Å². The molecule has 0 radical (unpaired) electrons. The fourth-order valence-electron chi connectivity index (χ4n) is 3.73. The normalized spacial score (nSPS) is 18.5. The molecule has 0 bridgehead atoms. The van der Waals surface area contributed by atoms with E-state index in [1.54, 1.807) is 10.9 Å². The monoisotopic (exact) mass is 249 g/mol. The molecule has 0 unspecified atom stereocenters. The van der Waals surface area contributed by atoms with Crippen LogP contribution in [0.2, 0.25) is 32.3 Å². The van der Waals surface area contributed by atoms with E-state index in [4.69, 9.17) is 0 Å². The van der Waals surface area contributed by atoms with E-state index in [-0.39, 0.29) is 0 Å². The molecule has 96 valence electrons. The largest absolute Gasteiger partial charge is 0.400 e. The lowest BCUT2D eigenvalue weighted by atomic mass is 9.52. The fourth-order valence-corrected chi connectivity index (χ4v) is 6.27. The quantitative estimate of drug-likeness (QED) is 0.654. The Hall–Kier alpha value is 0.0468. The van der Waals surface area contributed by atoms with Crippen molar-refractivity contribution in [3.8, 4) is 0 Å². The first kappa shape index (κ1) is 15.1. The fraction of sp³-hybridized carbons (Fsp3) is 0.846. The summed E-state index contributed by atoms with van der Waals surface area (Å²) < 4.78 is 2.91. The molecule has 4 heteroatoms. The minimum absolute atomic E-state index is 0.742. The molecule has 17 heavy (non-hydrogen) atoms. The van der Waals surface area contributed by atoms with Crippen LogP contribution >= 0.6 is 0 Å². The lowest BCUT2D eigenvalue weighted by Gasteiger charge is -2.40. The summed E-state index contributed by atoms with van der Waals surface area (Å²) in [5.74, 6) is 0. The summed E-state index contributed by atoms with van der Waals surface area (Å²) in [7, 11) is -1.22. The highest BCUT2D eigenvalue weighted by molar-refractivity contribution is 7.00. The van der Waals surface area contributed by atoms with E-state index in [2.05, 4.69) is 51.7 Å². The molecule has 0 aromatic carbocycles. The Bertz CT molecular complexity index is 274. The van der Waals surface area contributed by atoms with Crippen LogP contribution in [-0.2, 0) is 0 Å². The van der Waals surface area contributed by atoms with E-state index in [9.17, 15) is 0 Å². The Morgan fingerprint density at radius 2 is 1.18 bits per heavy atom. The Morgan fingerprint density at radius 1 is 0.824 bits per heavy atom. The molecule has 1 nitrogen and oxygen atoms in total. The van der Waals surface area contributed by atoms with Crippen molar-refractivity contribution in [2.75, 3.05) is 0 Å². The second-order valence-corrected chi connectivity index (χ2v) is 11.0. The van der Waals surface area contributed by atoms with Crippen LogP contribution < -0.4 is 0 Å². The van der Waals surface area contributed by atoms with E-state index in [0.717, 1.165) is 13.7 Å². The zero-order valence-corrected chi connectivity index (χ0v) is 13.9. The molecular formula is C13H29B2NSi. The van der Waals surface area contributed by atoms with Gasteiger partial charge in [0.2, 0.25) is 13.7 Å². The molecule has 1 aliphatic rings.